The molecule has 3 rings (SSSR count). The average molecular weight is 365 g/mol. The molecule has 2 fully saturated rings. The summed E-state index contributed by atoms with van der Waals surface area (Å²) in [5.74, 6) is 0.0194. The Labute approximate surface area is 150 Å². The molecule has 0 saturated carbocycles. The SMILES string of the molecule is CCS(=O)(=O)N1CCC[C@H](C(=O)N2CCN(c3ccccc3)CC2)C1. The van der Waals surface area contributed by atoms with Crippen molar-refractivity contribution < 1.29 is 13.2 Å². The molecule has 0 unspecified atom stereocenters. The fourth-order valence-electron chi connectivity index (χ4n) is 3.66. The highest BCUT2D eigenvalue weighted by Crippen LogP contribution is 2.23. The number of para-hydroxylation sites is 1. The molecule has 0 N–H and O–H groups in total. The van der Waals surface area contributed by atoms with Gasteiger partial charge in [-0.1, -0.05) is 18.2 Å². The number of carbonyl (C=O) groups is 1. The molecule has 1 atom stereocenters. The minimum atomic E-state index is -3.21. The molecule has 2 heterocycles. The first-order chi connectivity index (χ1) is 12.0. The van der Waals surface area contributed by atoms with Crippen LogP contribution in [0.3, 0.4) is 0 Å². The van der Waals surface area contributed by atoms with Gasteiger partial charge in [-0.05, 0) is 31.9 Å². The Balaban J connectivity index is 1.57. The summed E-state index contributed by atoms with van der Waals surface area (Å²) >= 11 is 0. The first-order valence-electron chi connectivity index (χ1n) is 9.08. The molecule has 0 radical (unpaired) electrons. The molecule has 6 nitrogen and oxygen atoms in total. The minimum absolute atomic E-state index is 0.101. The Kier molecular flexibility index (Phi) is 5.64. The standard InChI is InChI=1S/C18H27N3O3S/c1-2-25(23,24)21-10-6-7-16(15-21)18(22)20-13-11-19(12-14-20)17-8-4-3-5-9-17/h3-5,8-9,16H,2,6-7,10-15H2,1H3/t16-/m0/s1. The number of anilines is 1. The maximum Gasteiger partial charge on any atom is 0.227 e. The van der Waals surface area contributed by atoms with Crippen LogP contribution in [0.2, 0.25) is 0 Å². The van der Waals surface area contributed by atoms with E-state index in [4.69, 9.17) is 0 Å². The molecule has 2 aliphatic rings. The van der Waals surface area contributed by atoms with Gasteiger partial charge in [0.1, 0.15) is 0 Å². The van der Waals surface area contributed by atoms with E-state index in [0.717, 1.165) is 25.9 Å². The summed E-state index contributed by atoms with van der Waals surface area (Å²) in [5.41, 5.74) is 1.19. The average Bonchev–Trinajstić information content (AvgIpc) is 2.68. The number of amides is 1. The Hall–Kier alpha value is -1.60. The van der Waals surface area contributed by atoms with E-state index in [0.29, 0.717) is 26.2 Å². The Morgan fingerprint density at radius 3 is 2.40 bits per heavy atom. The number of nitrogens with zero attached hydrogens (tertiary/aromatic N) is 3. The smallest absolute Gasteiger partial charge is 0.227 e. The lowest BCUT2D eigenvalue weighted by molar-refractivity contribution is -0.137. The van der Waals surface area contributed by atoms with E-state index >= 15 is 0 Å². The van der Waals surface area contributed by atoms with Crippen LogP contribution < -0.4 is 4.90 Å². The third-order valence-corrected chi connectivity index (χ3v) is 7.05. The van der Waals surface area contributed by atoms with Gasteiger partial charge in [0, 0.05) is 45.0 Å². The molecular formula is C18H27N3O3S. The van der Waals surface area contributed by atoms with Gasteiger partial charge in [0.15, 0.2) is 0 Å². The van der Waals surface area contributed by atoms with Crippen LogP contribution in [0.1, 0.15) is 19.8 Å². The van der Waals surface area contributed by atoms with Crippen LogP contribution in [0.5, 0.6) is 0 Å². The molecule has 7 heteroatoms. The second-order valence-corrected chi connectivity index (χ2v) is 9.00. The number of carbonyl (C=O) groups excluding carboxylic acids is 1. The molecule has 0 spiro atoms. The predicted molar refractivity (Wildman–Crippen MR) is 99.0 cm³/mol. The summed E-state index contributed by atoms with van der Waals surface area (Å²) < 4.78 is 25.7. The van der Waals surface area contributed by atoms with Crippen LogP contribution in [0.4, 0.5) is 5.69 Å². The van der Waals surface area contributed by atoms with Crippen molar-refractivity contribution in [1.29, 1.82) is 0 Å². The molecule has 1 aromatic rings. The van der Waals surface area contributed by atoms with Gasteiger partial charge >= 0.3 is 0 Å². The number of rotatable bonds is 4. The number of benzene rings is 1. The van der Waals surface area contributed by atoms with Gasteiger partial charge in [-0.15, -0.1) is 0 Å². The number of sulfonamides is 1. The van der Waals surface area contributed by atoms with Gasteiger partial charge in [-0.25, -0.2) is 12.7 Å². The van der Waals surface area contributed by atoms with Crippen molar-refractivity contribution in [1.82, 2.24) is 9.21 Å². The molecule has 0 aliphatic carbocycles. The van der Waals surface area contributed by atoms with Crippen LogP contribution in [0.15, 0.2) is 30.3 Å². The lowest BCUT2D eigenvalue weighted by atomic mass is 9.97. The normalized spacial score (nSPS) is 22.8. The largest absolute Gasteiger partial charge is 0.368 e. The minimum Gasteiger partial charge on any atom is -0.368 e. The Morgan fingerprint density at radius 2 is 1.76 bits per heavy atom. The molecule has 0 aromatic heterocycles. The van der Waals surface area contributed by atoms with Gasteiger partial charge < -0.3 is 9.80 Å². The van der Waals surface area contributed by atoms with Gasteiger partial charge in [0.05, 0.1) is 11.7 Å². The van der Waals surface area contributed by atoms with Crippen LogP contribution in [0.25, 0.3) is 0 Å². The summed E-state index contributed by atoms with van der Waals surface area (Å²) in [5, 5.41) is 0. The number of piperazine rings is 1. The molecule has 25 heavy (non-hydrogen) atoms. The molecule has 1 aromatic carbocycles. The second-order valence-electron chi connectivity index (χ2n) is 6.75. The summed E-state index contributed by atoms with van der Waals surface area (Å²) in [6.07, 6.45) is 1.55. The predicted octanol–water partition coefficient (Wildman–Crippen LogP) is 1.40. The van der Waals surface area contributed by atoms with E-state index in [1.165, 1.54) is 9.99 Å². The van der Waals surface area contributed by atoms with E-state index in [1.807, 2.05) is 23.1 Å². The molecule has 0 bridgehead atoms. The van der Waals surface area contributed by atoms with Crippen LogP contribution in [0, 0.1) is 5.92 Å². The Morgan fingerprint density at radius 1 is 1.08 bits per heavy atom. The number of piperidine rings is 1. The van der Waals surface area contributed by atoms with Crippen molar-refractivity contribution in [3.05, 3.63) is 30.3 Å². The van der Waals surface area contributed by atoms with Crippen molar-refractivity contribution in [3.63, 3.8) is 0 Å². The second kappa shape index (κ2) is 7.74. The van der Waals surface area contributed by atoms with Crippen LogP contribution in [-0.2, 0) is 14.8 Å². The summed E-state index contributed by atoms with van der Waals surface area (Å²) in [7, 11) is -3.21. The van der Waals surface area contributed by atoms with E-state index < -0.39 is 10.0 Å². The lowest BCUT2D eigenvalue weighted by Gasteiger charge is -2.39. The molecule has 1 amide bonds. The van der Waals surface area contributed by atoms with Crippen molar-refractivity contribution in [2.24, 2.45) is 5.92 Å². The van der Waals surface area contributed by atoms with E-state index in [9.17, 15) is 13.2 Å². The highest BCUT2D eigenvalue weighted by molar-refractivity contribution is 7.89. The van der Waals surface area contributed by atoms with Crippen molar-refractivity contribution in [2.45, 2.75) is 19.8 Å². The molecule has 2 saturated heterocycles. The highest BCUT2D eigenvalue weighted by atomic mass is 32.2. The summed E-state index contributed by atoms with van der Waals surface area (Å²) in [6, 6.07) is 10.2. The van der Waals surface area contributed by atoms with Gasteiger partial charge in [-0.3, -0.25) is 4.79 Å². The molecule has 138 valence electrons. The lowest BCUT2D eigenvalue weighted by Crippen LogP contribution is -2.53. The third-order valence-electron chi connectivity index (χ3n) is 5.20. The summed E-state index contributed by atoms with van der Waals surface area (Å²) in [6.45, 7) is 5.58. The van der Waals surface area contributed by atoms with Crippen molar-refractivity contribution in [2.75, 3.05) is 49.9 Å². The monoisotopic (exact) mass is 365 g/mol. The van der Waals surface area contributed by atoms with Gasteiger partial charge in [0.2, 0.25) is 15.9 Å². The number of hydrogen-bond acceptors (Lipinski definition) is 4. The summed E-state index contributed by atoms with van der Waals surface area (Å²) in [4.78, 5) is 17.0. The molecule has 2 aliphatic heterocycles. The van der Waals surface area contributed by atoms with Gasteiger partial charge in [0.25, 0.3) is 0 Å². The van der Waals surface area contributed by atoms with Crippen LogP contribution >= 0.6 is 0 Å². The number of hydrogen-bond donors (Lipinski definition) is 0. The van der Waals surface area contributed by atoms with Gasteiger partial charge in [-0.2, -0.15) is 0 Å². The molecular weight excluding hydrogens is 338 g/mol. The zero-order valence-corrected chi connectivity index (χ0v) is 15.6. The first kappa shape index (κ1) is 18.2. The fourth-order valence-corrected chi connectivity index (χ4v) is 4.84. The first-order valence-corrected chi connectivity index (χ1v) is 10.7. The highest BCUT2D eigenvalue weighted by Gasteiger charge is 2.34. The zero-order valence-electron chi connectivity index (χ0n) is 14.8. The quantitative estimate of drug-likeness (QED) is 0.809. The maximum absolute atomic E-state index is 12.8. The maximum atomic E-state index is 12.8. The van der Waals surface area contributed by atoms with E-state index in [2.05, 4.69) is 17.0 Å². The topological polar surface area (TPSA) is 60.9 Å². The Bertz CT molecular complexity index is 685. The zero-order chi connectivity index (χ0) is 17.9. The van der Waals surface area contributed by atoms with E-state index in [1.54, 1.807) is 6.92 Å². The fraction of sp³-hybridized carbons (Fsp3) is 0.611. The van der Waals surface area contributed by atoms with Crippen LogP contribution in [-0.4, -0.2) is 68.6 Å². The third kappa shape index (κ3) is 4.15. The van der Waals surface area contributed by atoms with E-state index in [-0.39, 0.29) is 17.6 Å². The van der Waals surface area contributed by atoms with Crippen molar-refractivity contribution in [3.8, 4) is 0 Å². The van der Waals surface area contributed by atoms with Crippen molar-refractivity contribution >= 4 is 21.6 Å².